The Labute approximate surface area is 94.3 Å². The largest absolute Gasteiger partial charge is 0.394 e. The maximum Gasteiger partial charge on any atom is 0.217 e. The van der Waals surface area contributed by atoms with Gasteiger partial charge >= 0.3 is 0 Å². The lowest BCUT2D eigenvalue weighted by Crippen LogP contribution is -2.37. The van der Waals surface area contributed by atoms with Crippen LogP contribution in [0.25, 0.3) is 0 Å². The van der Waals surface area contributed by atoms with E-state index in [0.717, 1.165) is 0 Å². The van der Waals surface area contributed by atoms with Crippen LogP contribution < -0.4 is 5.32 Å². The van der Waals surface area contributed by atoms with Crippen LogP contribution in [0.3, 0.4) is 0 Å². The minimum absolute atomic E-state index is 0.0894. The molecule has 4 heteroatoms. The number of amides is 1. The van der Waals surface area contributed by atoms with Gasteiger partial charge in [0, 0.05) is 18.9 Å². The summed E-state index contributed by atoms with van der Waals surface area (Å²) in [6.07, 6.45) is 0.111. The van der Waals surface area contributed by atoms with Crippen molar-refractivity contribution in [1.29, 1.82) is 0 Å². The Balaban J connectivity index is 2.59. The van der Waals surface area contributed by atoms with Gasteiger partial charge in [-0.25, -0.2) is 0 Å². The van der Waals surface area contributed by atoms with Gasteiger partial charge in [0.05, 0.1) is 12.6 Å². The van der Waals surface area contributed by atoms with Crippen LogP contribution in [-0.2, 0) is 4.79 Å². The van der Waals surface area contributed by atoms with E-state index in [4.69, 9.17) is 5.11 Å². The van der Waals surface area contributed by atoms with Crippen LogP contribution in [0.2, 0.25) is 0 Å². The first-order chi connectivity index (χ1) is 7.63. The SMILES string of the molecule is CC(=O)NC(CO)CC(=O)c1ccccc1. The van der Waals surface area contributed by atoms with E-state index in [0.29, 0.717) is 5.56 Å². The lowest BCUT2D eigenvalue weighted by atomic mass is 10.0. The number of hydrogen-bond donors (Lipinski definition) is 2. The first-order valence-corrected chi connectivity index (χ1v) is 5.09. The van der Waals surface area contributed by atoms with Gasteiger partial charge in [0.15, 0.2) is 5.78 Å². The van der Waals surface area contributed by atoms with Crippen molar-refractivity contribution in [1.82, 2.24) is 5.32 Å². The highest BCUT2D eigenvalue weighted by Gasteiger charge is 2.14. The zero-order valence-electron chi connectivity index (χ0n) is 9.14. The molecule has 4 nitrogen and oxygen atoms in total. The summed E-state index contributed by atoms with van der Waals surface area (Å²) in [5.41, 5.74) is 0.589. The van der Waals surface area contributed by atoms with E-state index in [1.807, 2.05) is 6.07 Å². The van der Waals surface area contributed by atoms with Gasteiger partial charge in [-0.3, -0.25) is 9.59 Å². The first kappa shape index (κ1) is 12.4. The van der Waals surface area contributed by atoms with E-state index < -0.39 is 6.04 Å². The topological polar surface area (TPSA) is 66.4 Å². The predicted molar refractivity (Wildman–Crippen MR) is 60.1 cm³/mol. The molecule has 0 aliphatic heterocycles. The second-order valence-corrected chi connectivity index (χ2v) is 3.57. The van der Waals surface area contributed by atoms with Gasteiger partial charge in [0.1, 0.15) is 0 Å². The highest BCUT2D eigenvalue weighted by atomic mass is 16.3. The average molecular weight is 221 g/mol. The van der Waals surface area contributed by atoms with Crippen LogP contribution in [0.5, 0.6) is 0 Å². The van der Waals surface area contributed by atoms with E-state index in [1.165, 1.54) is 6.92 Å². The van der Waals surface area contributed by atoms with Crippen molar-refractivity contribution in [2.24, 2.45) is 0 Å². The molecule has 86 valence electrons. The highest BCUT2D eigenvalue weighted by molar-refractivity contribution is 5.96. The first-order valence-electron chi connectivity index (χ1n) is 5.09. The second kappa shape index (κ2) is 6.02. The number of hydrogen-bond acceptors (Lipinski definition) is 3. The summed E-state index contributed by atoms with van der Waals surface area (Å²) in [4.78, 5) is 22.5. The fourth-order valence-electron chi connectivity index (χ4n) is 1.41. The number of benzene rings is 1. The van der Waals surface area contributed by atoms with Crippen molar-refractivity contribution in [3.63, 3.8) is 0 Å². The number of aliphatic hydroxyl groups excluding tert-OH is 1. The molecule has 0 saturated heterocycles. The number of ketones is 1. The van der Waals surface area contributed by atoms with E-state index >= 15 is 0 Å². The number of nitrogens with one attached hydrogen (secondary N) is 1. The molecule has 0 heterocycles. The van der Waals surface area contributed by atoms with Crippen LogP contribution in [0.15, 0.2) is 30.3 Å². The monoisotopic (exact) mass is 221 g/mol. The van der Waals surface area contributed by atoms with Crippen LogP contribution in [0, 0.1) is 0 Å². The standard InChI is InChI=1S/C12H15NO3/c1-9(15)13-11(8-14)7-12(16)10-5-3-2-4-6-10/h2-6,11,14H,7-8H2,1H3,(H,13,15). The molecule has 0 aliphatic rings. The minimum atomic E-state index is -0.509. The van der Waals surface area contributed by atoms with Gasteiger partial charge in [-0.15, -0.1) is 0 Å². The van der Waals surface area contributed by atoms with E-state index in [-0.39, 0.29) is 24.7 Å². The number of carbonyl (C=O) groups excluding carboxylic acids is 2. The summed E-state index contributed by atoms with van der Waals surface area (Å²) in [7, 11) is 0. The van der Waals surface area contributed by atoms with Gasteiger partial charge in [-0.05, 0) is 0 Å². The number of aliphatic hydroxyl groups is 1. The van der Waals surface area contributed by atoms with Crippen molar-refractivity contribution in [3.8, 4) is 0 Å². The molecule has 0 bridgehead atoms. The smallest absolute Gasteiger partial charge is 0.217 e. The van der Waals surface area contributed by atoms with Crippen LogP contribution in [-0.4, -0.2) is 29.4 Å². The summed E-state index contributed by atoms with van der Waals surface area (Å²) < 4.78 is 0. The summed E-state index contributed by atoms with van der Waals surface area (Å²) in [6, 6.07) is 8.30. The van der Waals surface area contributed by atoms with Gasteiger partial charge < -0.3 is 10.4 Å². The minimum Gasteiger partial charge on any atom is -0.394 e. The lowest BCUT2D eigenvalue weighted by molar-refractivity contribution is -0.119. The molecule has 2 N–H and O–H groups in total. The Kier molecular flexibility index (Phi) is 4.66. The average Bonchev–Trinajstić information content (AvgIpc) is 2.28. The van der Waals surface area contributed by atoms with E-state index in [9.17, 15) is 9.59 Å². The summed E-state index contributed by atoms with van der Waals surface area (Å²) in [6.45, 7) is 1.12. The Bertz CT molecular complexity index is 362. The molecule has 0 fully saturated rings. The fourth-order valence-corrected chi connectivity index (χ4v) is 1.41. The van der Waals surface area contributed by atoms with Gasteiger partial charge in [-0.1, -0.05) is 30.3 Å². The van der Waals surface area contributed by atoms with E-state index in [2.05, 4.69) is 5.32 Å². The number of rotatable bonds is 5. The van der Waals surface area contributed by atoms with Crippen molar-refractivity contribution >= 4 is 11.7 Å². The van der Waals surface area contributed by atoms with Crippen LogP contribution >= 0.6 is 0 Å². The summed E-state index contributed by atoms with van der Waals surface area (Å²) in [5, 5.41) is 11.5. The molecule has 1 amide bonds. The lowest BCUT2D eigenvalue weighted by Gasteiger charge is -2.13. The quantitative estimate of drug-likeness (QED) is 0.721. The molecule has 1 aromatic carbocycles. The molecular weight excluding hydrogens is 206 g/mol. The Hall–Kier alpha value is -1.68. The molecule has 0 radical (unpaired) electrons. The fraction of sp³-hybridized carbons (Fsp3) is 0.333. The Morgan fingerprint density at radius 1 is 1.31 bits per heavy atom. The van der Waals surface area contributed by atoms with Gasteiger partial charge in [0.25, 0.3) is 0 Å². The summed E-state index contributed by atoms with van der Waals surface area (Å²) >= 11 is 0. The molecule has 0 saturated carbocycles. The number of carbonyl (C=O) groups is 2. The molecule has 16 heavy (non-hydrogen) atoms. The Morgan fingerprint density at radius 2 is 1.94 bits per heavy atom. The van der Waals surface area contributed by atoms with Crippen molar-refractivity contribution in [3.05, 3.63) is 35.9 Å². The third-order valence-electron chi connectivity index (χ3n) is 2.16. The molecule has 0 spiro atoms. The Morgan fingerprint density at radius 3 is 2.44 bits per heavy atom. The van der Waals surface area contributed by atoms with Crippen molar-refractivity contribution < 1.29 is 14.7 Å². The summed E-state index contributed by atoms with van der Waals surface area (Å²) in [5.74, 6) is -0.340. The number of Topliss-reactive ketones (excluding diaryl/α,β-unsaturated/α-hetero) is 1. The second-order valence-electron chi connectivity index (χ2n) is 3.57. The zero-order valence-corrected chi connectivity index (χ0v) is 9.14. The molecular formula is C12H15NO3. The maximum atomic E-state index is 11.7. The molecule has 1 aromatic rings. The van der Waals surface area contributed by atoms with Crippen molar-refractivity contribution in [2.45, 2.75) is 19.4 Å². The van der Waals surface area contributed by atoms with Gasteiger partial charge in [0.2, 0.25) is 5.91 Å². The molecule has 1 unspecified atom stereocenters. The van der Waals surface area contributed by atoms with Crippen LogP contribution in [0.4, 0.5) is 0 Å². The maximum absolute atomic E-state index is 11.7. The third-order valence-corrected chi connectivity index (χ3v) is 2.16. The predicted octanol–water partition coefficient (Wildman–Crippen LogP) is 0.756. The van der Waals surface area contributed by atoms with E-state index in [1.54, 1.807) is 24.3 Å². The normalized spacial score (nSPS) is 11.9. The molecule has 0 aromatic heterocycles. The van der Waals surface area contributed by atoms with Crippen LogP contribution in [0.1, 0.15) is 23.7 Å². The third kappa shape index (κ3) is 3.82. The molecule has 1 rings (SSSR count). The highest BCUT2D eigenvalue weighted by Crippen LogP contribution is 2.05. The molecule has 0 aliphatic carbocycles. The van der Waals surface area contributed by atoms with Gasteiger partial charge in [-0.2, -0.15) is 0 Å². The zero-order chi connectivity index (χ0) is 12.0. The van der Waals surface area contributed by atoms with Crippen molar-refractivity contribution in [2.75, 3.05) is 6.61 Å². The molecule has 1 atom stereocenters.